The van der Waals surface area contributed by atoms with Crippen molar-refractivity contribution >= 4 is 0 Å². The molecule has 238 valence electrons. The van der Waals surface area contributed by atoms with Crippen LogP contribution in [-0.2, 0) is 54.8 Å². The van der Waals surface area contributed by atoms with Crippen LogP contribution in [0.4, 0.5) is 0 Å². The maximum absolute atomic E-state index is 7.02. The molecule has 1 fully saturated rings. The number of hydrogen-bond acceptors (Lipinski definition) is 6. The van der Waals surface area contributed by atoms with Crippen LogP contribution >= 0.6 is 0 Å². The third-order valence-electron chi connectivity index (χ3n) is 8.35. The van der Waals surface area contributed by atoms with Crippen molar-refractivity contribution < 1.29 is 28.4 Å². The van der Waals surface area contributed by atoms with Gasteiger partial charge in [0.2, 0.25) is 5.79 Å². The standard InChI is InChI=1S/C40H42O6/c1-30(2)35-23-24-45-40(35)39(44-28-34-21-13-6-14-22-34)38(43-27-33-19-11-5-12-20-33)37(42-26-32-17-9-4-10-18-32)36(46-40)29-41-25-31-15-7-3-8-16-31/h3-23,36-39H,1,24-29H2,2H3/t36?,37-,38?,39?,40+/m1/s1. The highest BCUT2D eigenvalue weighted by atomic mass is 16.7. The molecular weight excluding hydrogens is 576 g/mol. The fourth-order valence-corrected chi connectivity index (χ4v) is 6.11. The van der Waals surface area contributed by atoms with Crippen molar-refractivity contribution in [1.82, 2.24) is 0 Å². The van der Waals surface area contributed by atoms with Gasteiger partial charge in [-0.05, 0) is 40.8 Å². The first-order valence-electron chi connectivity index (χ1n) is 15.9. The molecule has 1 saturated heterocycles. The fourth-order valence-electron chi connectivity index (χ4n) is 6.11. The van der Waals surface area contributed by atoms with Crippen molar-refractivity contribution in [2.45, 2.75) is 63.6 Å². The molecule has 6 nitrogen and oxygen atoms in total. The minimum absolute atomic E-state index is 0.263. The van der Waals surface area contributed by atoms with Gasteiger partial charge in [0.25, 0.3) is 0 Å². The van der Waals surface area contributed by atoms with Crippen LogP contribution in [0, 0.1) is 0 Å². The Morgan fingerprint density at radius 1 is 0.652 bits per heavy atom. The Kier molecular flexibility index (Phi) is 10.9. The van der Waals surface area contributed by atoms with Crippen LogP contribution in [0.25, 0.3) is 0 Å². The molecule has 0 aliphatic carbocycles. The van der Waals surface area contributed by atoms with Crippen LogP contribution < -0.4 is 0 Å². The first kappa shape index (κ1) is 32.1. The average molecular weight is 619 g/mol. The second-order valence-corrected chi connectivity index (χ2v) is 11.8. The molecule has 0 amide bonds. The van der Waals surface area contributed by atoms with Gasteiger partial charge in [-0.15, -0.1) is 0 Å². The summed E-state index contributed by atoms with van der Waals surface area (Å²) in [6, 6.07) is 40.5. The van der Waals surface area contributed by atoms with E-state index in [9.17, 15) is 0 Å². The van der Waals surface area contributed by atoms with Crippen LogP contribution in [0.15, 0.2) is 145 Å². The normalized spacial score (nSPS) is 24.2. The smallest absolute Gasteiger partial charge is 0.225 e. The van der Waals surface area contributed by atoms with E-state index in [4.69, 9.17) is 28.4 Å². The highest BCUT2D eigenvalue weighted by Crippen LogP contribution is 2.46. The molecule has 5 atom stereocenters. The van der Waals surface area contributed by atoms with E-state index in [1.165, 1.54) is 0 Å². The van der Waals surface area contributed by atoms with Crippen LogP contribution in [0.3, 0.4) is 0 Å². The van der Waals surface area contributed by atoms with Gasteiger partial charge >= 0.3 is 0 Å². The fraction of sp³-hybridized carbons (Fsp3) is 0.300. The van der Waals surface area contributed by atoms with E-state index >= 15 is 0 Å². The first-order chi connectivity index (χ1) is 22.6. The Morgan fingerprint density at radius 2 is 1.11 bits per heavy atom. The summed E-state index contributed by atoms with van der Waals surface area (Å²) in [6.45, 7) is 8.41. The lowest BCUT2D eigenvalue weighted by Crippen LogP contribution is -2.68. The van der Waals surface area contributed by atoms with Gasteiger partial charge in [-0.3, -0.25) is 0 Å². The second kappa shape index (κ2) is 15.6. The monoisotopic (exact) mass is 618 g/mol. The molecule has 1 spiro atoms. The lowest BCUT2D eigenvalue weighted by Gasteiger charge is -2.51. The molecule has 4 aromatic carbocycles. The van der Waals surface area contributed by atoms with Crippen molar-refractivity contribution in [3.63, 3.8) is 0 Å². The zero-order valence-corrected chi connectivity index (χ0v) is 26.3. The highest BCUT2D eigenvalue weighted by molar-refractivity contribution is 5.39. The summed E-state index contributed by atoms with van der Waals surface area (Å²) < 4.78 is 40.3. The topological polar surface area (TPSA) is 55.4 Å². The number of ether oxygens (including phenoxy) is 6. The third-order valence-corrected chi connectivity index (χ3v) is 8.35. The van der Waals surface area contributed by atoms with Crippen molar-refractivity contribution in [3.8, 4) is 0 Å². The van der Waals surface area contributed by atoms with Gasteiger partial charge < -0.3 is 28.4 Å². The summed E-state index contributed by atoms with van der Waals surface area (Å²) in [6.07, 6.45) is -0.296. The Balaban J connectivity index is 1.36. The Bertz CT molecular complexity index is 1540. The summed E-state index contributed by atoms with van der Waals surface area (Å²) in [5, 5.41) is 0. The minimum atomic E-state index is -1.25. The summed E-state index contributed by atoms with van der Waals surface area (Å²) >= 11 is 0. The van der Waals surface area contributed by atoms with Gasteiger partial charge in [0.15, 0.2) is 0 Å². The van der Waals surface area contributed by atoms with E-state index in [0.29, 0.717) is 33.0 Å². The maximum Gasteiger partial charge on any atom is 0.225 e. The highest BCUT2D eigenvalue weighted by Gasteiger charge is 2.61. The van der Waals surface area contributed by atoms with Crippen LogP contribution in [0.1, 0.15) is 29.2 Å². The maximum atomic E-state index is 7.02. The molecule has 3 unspecified atom stereocenters. The van der Waals surface area contributed by atoms with E-state index in [-0.39, 0.29) is 6.61 Å². The Morgan fingerprint density at radius 3 is 1.61 bits per heavy atom. The van der Waals surface area contributed by atoms with Crippen molar-refractivity contribution in [2.24, 2.45) is 0 Å². The molecule has 0 aromatic heterocycles. The average Bonchev–Trinajstić information content (AvgIpc) is 3.52. The lowest BCUT2D eigenvalue weighted by molar-refractivity contribution is -0.360. The molecule has 6 rings (SSSR count). The van der Waals surface area contributed by atoms with Gasteiger partial charge in [-0.1, -0.05) is 128 Å². The summed E-state index contributed by atoms with van der Waals surface area (Å²) in [5.41, 5.74) is 5.92. The summed E-state index contributed by atoms with van der Waals surface area (Å²) in [7, 11) is 0. The first-order valence-corrected chi connectivity index (χ1v) is 15.9. The van der Waals surface area contributed by atoms with Crippen LogP contribution in [0.5, 0.6) is 0 Å². The predicted octanol–water partition coefficient (Wildman–Crippen LogP) is 7.59. The molecule has 2 aliphatic heterocycles. The molecule has 46 heavy (non-hydrogen) atoms. The molecule has 0 saturated carbocycles. The predicted molar refractivity (Wildman–Crippen MR) is 178 cm³/mol. The molecule has 2 heterocycles. The quantitative estimate of drug-likeness (QED) is 0.145. The second-order valence-electron chi connectivity index (χ2n) is 11.8. The van der Waals surface area contributed by atoms with Gasteiger partial charge in [0.1, 0.15) is 24.4 Å². The third kappa shape index (κ3) is 7.73. The largest absolute Gasteiger partial charge is 0.374 e. The Labute approximate surface area is 272 Å². The molecule has 4 aromatic rings. The SMILES string of the molecule is C=C(C)C1=CCO[C@]12OC(COCc1ccccc1)[C@@H](OCc1ccccc1)C(OCc1ccccc1)C2OCc1ccccc1. The van der Waals surface area contributed by atoms with Gasteiger partial charge in [-0.2, -0.15) is 0 Å². The van der Waals surface area contributed by atoms with E-state index in [1.54, 1.807) is 0 Å². The summed E-state index contributed by atoms with van der Waals surface area (Å²) in [5.74, 6) is -1.25. The van der Waals surface area contributed by atoms with Crippen LogP contribution in [0.2, 0.25) is 0 Å². The summed E-state index contributed by atoms with van der Waals surface area (Å²) in [4.78, 5) is 0. The number of hydrogen-bond donors (Lipinski definition) is 0. The van der Waals surface area contributed by atoms with Gasteiger partial charge in [0, 0.05) is 5.57 Å². The van der Waals surface area contributed by atoms with Crippen molar-refractivity contribution in [2.75, 3.05) is 13.2 Å². The molecule has 6 heteroatoms. The van der Waals surface area contributed by atoms with E-state index in [0.717, 1.165) is 33.4 Å². The van der Waals surface area contributed by atoms with Crippen molar-refractivity contribution in [1.29, 1.82) is 0 Å². The van der Waals surface area contributed by atoms with E-state index < -0.39 is 30.2 Å². The van der Waals surface area contributed by atoms with Crippen LogP contribution in [-0.4, -0.2) is 43.4 Å². The minimum Gasteiger partial charge on any atom is -0.374 e. The van der Waals surface area contributed by atoms with Crippen molar-refractivity contribution in [3.05, 3.63) is 167 Å². The number of benzene rings is 4. The molecule has 0 bridgehead atoms. The zero-order valence-electron chi connectivity index (χ0n) is 26.3. The number of rotatable bonds is 14. The van der Waals surface area contributed by atoms with E-state index in [1.807, 2.05) is 110 Å². The zero-order chi connectivity index (χ0) is 31.6. The van der Waals surface area contributed by atoms with Gasteiger partial charge in [0.05, 0.1) is 39.6 Å². The molecule has 0 N–H and O–H groups in total. The Hall–Kier alpha value is -3.88. The molecule has 2 aliphatic rings. The van der Waals surface area contributed by atoms with Gasteiger partial charge in [-0.25, -0.2) is 0 Å². The lowest BCUT2D eigenvalue weighted by atomic mass is 9.85. The molecule has 0 radical (unpaired) electrons. The molecular formula is C40H42O6. The van der Waals surface area contributed by atoms with E-state index in [2.05, 4.69) is 30.8 Å².